The standard InChI is InChI=1S/C25H30N2O10/c1-15-4-5-18(26(11-21(28)29)12-22(30)31)19(9-15)36-6-7-37-20-10-16(2)8-17(3)25(20)27(13-23(32)33)14-24(34)35/h4-5,8-10H,6-7,11-14H2,1-3H3,(H,28,29)(H,30,31)(H,32,33)(H,34,35). The van der Waals surface area contributed by atoms with E-state index < -0.39 is 50.1 Å². The summed E-state index contributed by atoms with van der Waals surface area (Å²) < 4.78 is 11.7. The highest BCUT2D eigenvalue weighted by molar-refractivity contribution is 5.82. The van der Waals surface area contributed by atoms with Crippen LogP contribution in [0.25, 0.3) is 0 Å². The van der Waals surface area contributed by atoms with E-state index in [4.69, 9.17) is 9.47 Å². The molecule has 2 aromatic rings. The minimum Gasteiger partial charge on any atom is -0.488 e. The number of nitrogens with zero attached hydrogens (tertiary/aromatic N) is 2. The van der Waals surface area contributed by atoms with Crippen LogP contribution in [0.15, 0.2) is 30.3 Å². The molecule has 0 aromatic heterocycles. The smallest absolute Gasteiger partial charge is 0.323 e. The van der Waals surface area contributed by atoms with Crippen molar-refractivity contribution >= 4 is 35.3 Å². The lowest BCUT2D eigenvalue weighted by Crippen LogP contribution is -2.35. The highest BCUT2D eigenvalue weighted by atomic mass is 16.5. The summed E-state index contributed by atoms with van der Waals surface area (Å²) in [6.45, 7) is 3.13. The second kappa shape index (κ2) is 13.0. The molecule has 0 fully saturated rings. The van der Waals surface area contributed by atoms with Gasteiger partial charge in [0.25, 0.3) is 0 Å². The summed E-state index contributed by atoms with van der Waals surface area (Å²) in [5, 5.41) is 36.9. The SMILES string of the molecule is Cc1ccc(N(CC(=O)O)CC(=O)O)c(OCCOc2cc(C)cc(C)c2N(CC(=O)O)CC(=O)O)c1. The van der Waals surface area contributed by atoms with Gasteiger partial charge in [-0.05, 0) is 55.7 Å². The van der Waals surface area contributed by atoms with Crippen LogP contribution in [-0.2, 0) is 19.2 Å². The predicted molar refractivity (Wildman–Crippen MR) is 133 cm³/mol. The van der Waals surface area contributed by atoms with E-state index in [2.05, 4.69) is 0 Å². The van der Waals surface area contributed by atoms with Crippen molar-refractivity contribution in [3.8, 4) is 11.5 Å². The van der Waals surface area contributed by atoms with Crippen molar-refractivity contribution in [2.75, 3.05) is 49.2 Å². The summed E-state index contributed by atoms with van der Waals surface area (Å²) in [5.41, 5.74) is 2.89. The maximum Gasteiger partial charge on any atom is 0.323 e. The van der Waals surface area contributed by atoms with Crippen molar-refractivity contribution in [3.63, 3.8) is 0 Å². The molecule has 2 rings (SSSR count). The predicted octanol–water partition coefficient (Wildman–Crippen LogP) is 2.02. The van der Waals surface area contributed by atoms with Gasteiger partial charge >= 0.3 is 23.9 Å². The van der Waals surface area contributed by atoms with E-state index >= 15 is 0 Å². The number of carboxylic acids is 4. The van der Waals surface area contributed by atoms with E-state index in [-0.39, 0.29) is 30.4 Å². The molecule has 0 heterocycles. The number of hydrogen-bond donors (Lipinski definition) is 4. The molecule has 0 amide bonds. The summed E-state index contributed by atoms with van der Waals surface area (Å²) in [6, 6.07) is 8.38. The van der Waals surface area contributed by atoms with Gasteiger partial charge in [0.2, 0.25) is 0 Å². The van der Waals surface area contributed by atoms with Crippen LogP contribution in [0.2, 0.25) is 0 Å². The van der Waals surface area contributed by atoms with Gasteiger partial charge in [0.05, 0.1) is 11.4 Å². The maximum atomic E-state index is 11.3. The monoisotopic (exact) mass is 518 g/mol. The molecular weight excluding hydrogens is 488 g/mol. The number of benzene rings is 2. The number of anilines is 2. The molecule has 200 valence electrons. The average Bonchev–Trinajstić information content (AvgIpc) is 2.74. The Hall–Kier alpha value is -4.48. The number of ether oxygens (including phenoxy) is 2. The second-order valence-corrected chi connectivity index (χ2v) is 8.38. The molecule has 2 aromatic carbocycles. The summed E-state index contributed by atoms with van der Waals surface area (Å²) in [4.78, 5) is 47.6. The molecule has 0 saturated heterocycles. The quantitative estimate of drug-likeness (QED) is 0.253. The molecule has 4 N–H and O–H groups in total. The Morgan fingerprint density at radius 2 is 1.11 bits per heavy atom. The zero-order valence-electron chi connectivity index (χ0n) is 20.8. The number of aryl methyl sites for hydroxylation is 3. The van der Waals surface area contributed by atoms with Crippen LogP contribution in [0.1, 0.15) is 16.7 Å². The third-order valence-corrected chi connectivity index (χ3v) is 5.09. The summed E-state index contributed by atoms with van der Waals surface area (Å²) >= 11 is 0. The van der Waals surface area contributed by atoms with E-state index in [1.165, 1.54) is 4.90 Å². The van der Waals surface area contributed by atoms with Crippen LogP contribution in [0.4, 0.5) is 11.4 Å². The van der Waals surface area contributed by atoms with Crippen LogP contribution in [0, 0.1) is 20.8 Å². The first-order chi connectivity index (χ1) is 17.4. The van der Waals surface area contributed by atoms with Gasteiger partial charge in [0.1, 0.15) is 50.9 Å². The number of hydrogen-bond acceptors (Lipinski definition) is 8. The lowest BCUT2D eigenvalue weighted by molar-refractivity contribution is -0.138. The number of aliphatic carboxylic acids is 4. The van der Waals surface area contributed by atoms with Gasteiger partial charge < -0.3 is 39.7 Å². The van der Waals surface area contributed by atoms with Crippen molar-refractivity contribution in [1.82, 2.24) is 0 Å². The normalized spacial score (nSPS) is 10.5. The molecule has 0 aliphatic carbocycles. The fourth-order valence-corrected chi connectivity index (χ4v) is 3.83. The van der Waals surface area contributed by atoms with Crippen molar-refractivity contribution in [2.24, 2.45) is 0 Å². The molecule has 0 unspecified atom stereocenters. The molecule has 37 heavy (non-hydrogen) atoms. The van der Waals surface area contributed by atoms with Gasteiger partial charge in [-0.3, -0.25) is 19.2 Å². The molecule has 0 atom stereocenters. The Morgan fingerprint density at radius 1 is 0.649 bits per heavy atom. The number of carbonyl (C=O) groups is 4. The third-order valence-electron chi connectivity index (χ3n) is 5.09. The minimum absolute atomic E-state index is 0.0187. The first-order valence-electron chi connectivity index (χ1n) is 11.2. The fourth-order valence-electron chi connectivity index (χ4n) is 3.83. The van der Waals surface area contributed by atoms with Crippen LogP contribution in [0.3, 0.4) is 0 Å². The van der Waals surface area contributed by atoms with Crippen molar-refractivity contribution in [3.05, 3.63) is 47.0 Å². The lowest BCUT2D eigenvalue weighted by atomic mass is 10.1. The number of rotatable bonds is 15. The Labute approximate surface area is 213 Å². The molecule has 0 bridgehead atoms. The third kappa shape index (κ3) is 8.91. The van der Waals surface area contributed by atoms with E-state index in [0.717, 1.165) is 16.0 Å². The van der Waals surface area contributed by atoms with E-state index in [1.807, 2.05) is 6.92 Å². The van der Waals surface area contributed by atoms with E-state index in [1.54, 1.807) is 44.2 Å². The van der Waals surface area contributed by atoms with Crippen molar-refractivity contribution in [1.29, 1.82) is 0 Å². The zero-order valence-corrected chi connectivity index (χ0v) is 20.8. The molecule has 12 heteroatoms. The maximum absolute atomic E-state index is 11.3. The molecule has 0 radical (unpaired) electrons. The van der Waals surface area contributed by atoms with Crippen LogP contribution < -0.4 is 19.3 Å². The van der Waals surface area contributed by atoms with Gasteiger partial charge in [-0.15, -0.1) is 0 Å². The molecule has 0 aliphatic heterocycles. The van der Waals surface area contributed by atoms with Crippen LogP contribution >= 0.6 is 0 Å². The average molecular weight is 519 g/mol. The minimum atomic E-state index is -1.20. The Bertz CT molecular complexity index is 1130. The first kappa shape index (κ1) is 28.8. The summed E-state index contributed by atoms with van der Waals surface area (Å²) in [6.07, 6.45) is 0. The lowest BCUT2D eigenvalue weighted by Gasteiger charge is -2.26. The van der Waals surface area contributed by atoms with Crippen LogP contribution in [-0.4, -0.2) is 83.7 Å². The highest BCUT2D eigenvalue weighted by Gasteiger charge is 2.22. The highest BCUT2D eigenvalue weighted by Crippen LogP contribution is 2.34. The topological polar surface area (TPSA) is 174 Å². The van der Waals surface area contributed by atoms with Crippen LogP contribution in [0.5, 0.6) is 11.5 Å². The van der Waals surface area contributed by atoms with Crippen molar-refractivity contribution < 1.29 is 49.1 Å². The molecular formula is C25H30N2O10. The van der Waals surface area contributed by atoms with Crippen molar-refractivity contribution in [2.45, 2.75) is 20.8 Å². The van der Waals surface area contributed by atoms with Gasteiger partial charge in [-0.25, -0.2) is 0 Å². The van der Waals surface area contributed by atoms with Gasteiger partial charge in [0.15, 0.2) is 0 Å². The summed E-state index contributed by atoms with van der Waals surface area (Å²) in [7, 11) is 0. The van der Waals surface area contributed by atoms with E-state index in [9.17, 15) is 39.6 Å². The number of carboxylic acid groups (broad SMARTS) is 4. The fraction of sp³-hybridized carbons (Fsp3) is 0.360. The molecule has 0 spiro atoms. The molecule has 0 saturated carbocycles. The molecule has 12 nitrogen and oxygen atoms in total. The molecule has 0 aliphatic rings. The van der Waals surface area contributed by atoms with Gasteiger partial charge in [-0.2, -0.15) is 0 Å². The zero-order chi connectivity index (χ0) is 27.7. The first-order valence-corrected chi connectivity index (χ1v) is 11.2. The largest absolute Gasteiger partial charge is 0.488 e. The van der Waals surface area contributed by atoms with Gasteiger partial charge in [0, 0.05) is 0 Å². The Kier molecular flexibility index (Phi) is 10.1. The summed E-state index contributed by atoms with van der Waals surface area (Å²) in [5.74, 6) is -4.25. The van der Waals surface area contributed by atoms with E-state index in [0.29, 0.717) is 11.3 Å². The van der Waals surface area contributed by atoms with Gasteiger partial charge in [-0.1, -0.05) is 12.1 Å². The Balaban J connectivity index is 2.25. The second-order valence-electron chi connectivity index (χ2n) is 8.38. The Morgan fingerprint density at radius 3 is 1.62 bits per heavy atom.